The number of anilines is 1. The van der Waals surface area contributed by atoms with Crippen LogP contribution < -0.4 is 10.1 Å². The SMILES string of the molecule is CC(=O)Nc1sc2c(c1C(=O)OCc1nc(COc3ccc(F)cc3)no1)CCCC2. The predicted octanol–water partition coefficient (Wildman–Crippen LogP) is 4.04. The minimum Gasteiger partial charge on any atom is -0.485 e. The van der Waals surface area contributed by atoms with Crippen molar-refractivity contribution in [1.82, 2.24) is 10.1 Å². The molecule has 0 aliphatic heterocycles. The Labute approximate surface area is 181 Å². The second-order valence-electron chi connectivity index (χ2n) is 7.02. The Hall–Kier alpha value is -3.27. The minimum absolute atomic E-state index is 0.0216. The summed E-state index contributed by atoms with van der Waals surface area (Å²) in [4.78, 5) is 29.6. The summed E-state index contributed by atoms with van der Waals surface area (Å²) in [6, 6.07) is 5.56. The average molecular weight is 445 g/mol. The molecule has 0 spiro atoms. The fraction of sp³-hybridized carbons (Fsp3) is 0.333. The molecule has 0 unspecified atom stereocenters. The number of nitrogens with one attached hydrogen (secondary N) is 1. The molecule has 1 N–H and O–H groups in total. The Morgan fingerprint density at radius 3 is 2.74 bits per heavy atom. The number of halogens is 1. The summed E-state index contributed by atoms with van der Waals surface area (Å²) in [6.45, 7) is 1.22. The number of aromatic nitrogens is 2. The monoisotopic (exact) mass is 445 g/mol. The van der Waals surface area contributed by atoms with Gasteiger partial charge in [0.2, 0.25) is 11.7 Å². The maximum Gasteiger partial charge on any atom is 0.341 e. The summed E-state index contributed by atoms with van der Waals surface area (Å²) in [5.41, 5.74) is 1.36. The van der Waals surface area contributed by atoms with E-state index in [4.69, 9.17) is 14.0 Å². The summed E-state index contributed by atoms with van der Waals surface area (Å²) in [5, 5.41) is 7.04. The quantitative estimate of drug-likeness (QED) is 0.547. The Balaban J connectivity index is 1.38. The van der Waals surface area contributed by atoms with E-state index in [9.17, 15) is 14.0 Å². The predicted molar refractivity (Wildman–Crippen MR) is 109 cm³/mol. The Morgan fingerprint density at radius 2 is 1.97 bits per heavy atom. The van der Waals surface area contributed by atoms with Gasteiger partial charge in [-0.1, -0.05) is 5.16 Å². The zero-order valence-corrected chi connectivity index (χ0v) is 17.6. The Kier molecular flexibility index (Phi) is 6.26. The van der Waals surface area contributed by atoms with Crippen LogP contribution in [0.2, 0.25) is 0 Å². The van der Waals surface area contributed by atoms with Crippen molar-refractivity contribution >= 4 is 28.2 Å². The third kappa shape index (κ3) is 5.08. The molecule has 1 amide bonds. The smallest absolute Gasteiger partial charge is 0.341 e. The van der Waals surface area contributed by atoms with Crippen LogP contribution in [-0.2, 0) is 35.6 Å². The summed E-state index contributed by atoms with van der Waals surface area (Å²) in [5.74, 6) is -0.282. The van der Waals surface area contributed by atoms with Crippen LogP contribution >= 0.6 is 11.3 Å². The lowest BCUT2D eigenvalue weighted by molar-refractivity contribution is -0.114. The van der Waals surface area contributed by atoms with Gasteiger partial charge in [-0.25, -0.2) is 9.18 Å². The van der Waals surface area contributed by atoms with E-state index in [1.807, 2.05) is 0 Å². The second kappa shape index (κ2) is 9.25. The van der Waals surface area contributed by atoms with Gasteiger partial charge in [-0.15, -0.1) is 11.3 Å². The number of carbonyl (C=O) groups excluding carboxylic acids is 2. The number of benzene rings is 1. The highest BCUT2D eigenvalue weighted by Gasteiger charge is 2.27. The van der Waals surface area contributed by atoms with E-state index < -0.39 is 5.97 Å². The second-order valence-corrected chi connectivity index (χ2v) is 8.12. The highest BCUT2D eigenvalue weighted by molar-refractivity contribution is 7.17. The zero-order chi connectivity index (χ0) is 21.8. The largest absolute Gasteiger partial charge is 0.485 e. The van der Waals surface area contributed by atoms with Crippen LogP contribution in [-0.4, -0.2) is 22.0 Å². The number of esters is 1. The summed E-state index contributed by atoms with van der Waals surface area (Å²) in [7, 11) is 0. The third-order valence-corrected chi connectivity index (χ3v) is 5.89. The molecule has 1 aromatic carbocycles. The highest BCUT2D eigenvalue weighted by Crippen LogP contribution is 2.38. The van der Waals surface area contributed by atoms with E-state index in [1.165, 1.54) is 42.5 Å². The maximum atomic E-state index is 12.9. The van der Waals surface area contributed by atoms with Gasteiger partial charge in [0.1, 0.15) is 16.6 Å². The minimum atomic E-state index is -0.537. The van der Waals surface area contributed by atoms with Crippen molar-refractivity contribution in [3.05, 3.63) is 57.8 Å². The number of hydrogen-bond donors (Lipinski definition) is 1. The first-order chi connectivity index (χ1) is 15.0. The number of ether oxygens (including phenoxy) is 2. The lowest BCUT2D eigenvalue weighted by Crippen LogP contribution is -2.13. The molecule has 1 aliphatic carbocycles. The van der Waals surface area contributed by atoms with E-state index in [0.717, 1.165) is 36.1 Å². The van der Waals surface area contributed by atoms with Crippen LogP contribution in [0, 0.1) is 5.82 Å². The van der Waals surface area contributed by atoms with Crippen LogP contribution in [0.4, 0.5) is 9.39 Å². The van der Waals surface area contributed by atoms with Crippen molar-refractivity contribution in [2.75, 3.05) is 5.32 Å². The maximum absolute atomic E-state index is 12.9. The number of fused-ring (bicyclic) bond motifs is 1. The molecule has 4 rings (SSSR count). The van der Waals surface area contributed by atoms with Crippen LogP contribution in [0.5, 0.6) is 5.75 Å². The molecular weight excluding hydrogens is 425 g/mol. The van der Waals surface area contributed by atoms with Gasteiger partial charge in [-0.2, -0.15) is 4.98 Å². The molecule has 0 saturated carbocycles. The highest BCUT2D eigenvalue weighted by atomic mass is 32.1. The van der Waals surface area contributed by atoms with Crippen LogP contribution in [0.3, 0.4) is 0 Å². The van der Waals surface area contributed by atoms with Crippen molar-refractivity contribution < 1.29 is 28.0 Å². The van der Waals surface area contributed by atoms with Crippen molar-refractivity contribution in [3.8, 4) is 5.75 Å². The molecule has 10 heteroatoms. The first kappa shape index (κ1) is 21.0. The van der Waals surface area contributed by atoms with Crippen LogP contribution in [0.1, 0.15) is 52.3 Å². The average Bonchev–Trinajstić information content (AvgIpc) is 3.35. The molecule has 2 heterocycles. The fourth-order valence-electron chi connectivity index (χ4n) is 3.32. The number of nitrogens with zero attached hydrogens (tertiary/aromatic N) is 2. The third-order valence-electron chi connectivity index (χ3n) is 4.68. The van der Waals surface area contributed by atoms with Crippen molar-refractivity contribution in [2.24, 2.45) is 0 Å². The molecule has 162 valence electrons. The Morgan fingerprint density at radius 1 is 1.19 bits per heavy atom. The molecule has 2 aromatic heterocycles. The van der Waals surface area contributed by atoms with Crippen LogP contribution in [0.25, 0.3) is 0 Å². The van der Waals surface area contributed by atoms with Crippen molar-refractivity contribution in [2.45, 2.75) is 45.8 Å². The Bertz CT molecular complexity index is 1090. The molecule has 3 aromatic rings. The summed E-state index contributed by atoms with van der Waals surface area (Å²) < 4.78 is 28.9. The number of amides is 1. The normalized spacial score (nSPS) is 12.8. The molecule has 0 radical (unpaired) electrons. The van der Waals surface area contributed by atoms with Gasteiger partial charge in [0.15, 0.2) is 13.2 Å². The lowest BCUT2D eigenvalue weighted by atomic mass is 9.95. The van der Waals surface area contributed by atoms with Gasteiger partial charge in [-0.05, 0) is 55.5 Å². The molecule has 8 nitrogen and oxygen atoms in total. The van der Waals surface area contributed by atoms with E-state index >= 15 is 0 Å². The summed E-state index contributed by atoms with van der Waals surface area (Å²) >= 11 is 1.43. The van der Waals surface area contributed by atoms with Gasteiger partial charge in [0.25, 0.3) is 5.89 Å². The zero-order valence-electron chi connectivity index (χ0n) is 16.8. The molecule has 0 bridgehead atoms. The first-order valence-corrected chi connectivity index (χ1v) is 10.6. The molecular formula is C21H20FN3O5S. The molecule has 0 saturated heterocycles. The molecule has 1 aliphatic rings. The molecule has 0 atom stereocenters. The van der Waals surface area contributed by atoms with E-state index in [1.54, 1.807) is 0 Å². The summed E-state index contributed by atoms with van der Waals surface area (Å²) in [6.07, 6.45) is 3.72. The van der Waals surface area contributed by atoms with Crippen molar-refractivity contribution in [3.63, 3.8) is 0 Å². The lowest BCUT2D eigenvalue weighted by Gasteiger charge is -2.12. The van der Waals surface area contributed by atoms with E-state index in [2.05, 4.69) is 15.5 Å². The van der Waals surface area contributed by atoms with Crippen molar-refractivity contribution in [1.29, 1.82) is 0 Å². The molecule has 31 heavy (non-hydrogen) atoms. The first-order valence-electron chi connectivity index (χ1n) is 9.78. The van der Waals surface area contributed by atoms with Crippen LogP contribution in [0.15, 0.2) is 28.8 Å². The van der Waals surface area contributed by atoms with Gasteiger partial charge >= 0.3 is 5.97 Å². The number of hydrogen-bond acceptors (Lipinski definition) is 8. The number of rotatable bonds is 7. The van der Waals surface area contributed by atoms with Gasteiger partial charge in [0, 0.05) is 11.8 Å². The number of carbonyl (C=O) groups is 2. The van der Waals surface area contributed by atoms with Gasteiger partial charge in [-0.3, -0.25) is 4.79 Å². The van der Waals surface area contributed by atoms with E-state index in [-0.39, 0.29) is 36.7 Å². The number of aryl methyl sites for hydroxylation is 1. The molecule has 0 fully saturated rings. The fourth-order valence-corrected chi connectivity index (χ4v) is 4.64. The topological polar surface area (TPSA) is 104 Å². The van der Waals surface area contributed by atoms with Gasteiger partial charge in [0.05, 0.1) is 5.56 Å². The van der Waals surface area contributed by atoms with E-state index in [0.29, 0.717) is 16.3 Å². The standard InChI is InChI=1S/C21H20FN3O5S/c1-12(26)23-20-19(15-4-2-3-5-16(15)31-20)21(27)29-11-18-24-17(25-30-18)10-28-14-8-6-13(22)7-9-14/h6-9H,2-5,10-11H2,1H3,(H,23,26). The number of thiophene rings is 1. The van der Waals surface area contributed by atoms with Gasteiger partial charge < -0.3 is 19.3 Å².